The van der Waals surface area contributed by atoms with E-state index in [4.69, 9.17) is 0 Å². The molecule has 1 rings (SSSR count). The number of ketones is 1. The highest BCUT2D eigenvalue weighted by molar-refractivity contribution is 8.00. The van der Waals surface area contributed by atoms with E-state index in [9.17, 15) is 14.4 Å². The van der Waals surface area contributed by atoms with Gasteiger partial charge in [-0.1, -0.05) is 12.1 Å². The summed E-state index contributed by atoms with van der Waals surface area (Å²) in [7, 11) is 1.45. The van der Waals surface area contributed by atoms with Gasteiger partial charge in [0.25, 0.3) is 0 Å². The van der Waals surface area contributed by atoms with Crippen molar-refractivity contribution in [3.63, 3.8) is 0 Å². The van der Waals surface area contributed by atoms with E-state index in [0.717, 1.165) is 4.90 Å². The molecule has 0 fully saturated rings. The zero-order valence-electron chi connectivity index (χ0n) is 11.0. The molecule has 19 heavy (non-hydrogen) atoms. The fourth-order valence-corrected chi connectivity index (χ4v) is 2.17. The standard InChI is InChI=1S/C13H16N2O3S/c1-8(16)10-4-6-11(7-5-10)19-9(2)12(17)15-13(18)14-3/h4-7,9H,1-3H3,(H2,14,15,17,18). The summed E-state index contributed by atoms with van der Waals surface area (Å²) in [6, 6.07) is 6.47. The van der Waals surface area contributed by atoms with Crippen LogP contribution in [0.5, 0.6) is 0 Å². The second-order valence-corrected chi connectivity index (χ2v) is 5.32. The fourth-order valence-electron chi connectivity index (χ4n) is 1.30. The predicted molar refractivity (Wildman–Crippen MR) is 74.4 cm³/mol. The Balaban J connectivity index is 2.61. The second-order valence-electron chi connectivity index (χ2n) is 3.91. The Morgan fingerprint density at radius 2 is 1.74 bits per heavy atom. The number of rotatable bonds is 4. The number of thioether (sulfide) groups is 1. The van der Waals surface area contributed by atoms with Crippen LogP contribution < -0.4 is 10.6 Å². The van der Waals surface area contributed by atoms with E-state index >= 15 is 0 Å². The average molecular weight is 280 g/mol. The molecule has 0 aliphatic heterocycles. The molecule has 0 aromatic heterocycles. The van der Waals surface area contributed by atoms with Gasteiger partial charge in [-0.3, -0.25) is 14.9 Å². The van der Waals surface area contributed by atoms with Crippen molar-refractivity contribution >= 4 is 29.5 Å². The number of amides is 3. The van der Waals surface area contributed by atoms with Crippen molar-refractivity contribution in [2.75, 3.05) is 7.05 Å². The van der Waals surface area contributed by atoms with Crippen molar-refractivity contribution in [1.82, 2.24) is 10.6 Å². The van der Waals surface area contributed by atoms with Crippen LogP contribution in [-0.2, 0) is 4.79 Å². The zero-order chi connectivity index (χ0) is 14.4. The van der Waals surface area contributed by atoms with Crippen LogP contribution in [-0.4, -0.2) is 30.0 Å². The first-order valence-electron chi connectivity index (χ1n) is 5.74. The number of hydrogen-bond donors (Lipinski definition) is 2. The molecule has 0 saturated heterocycles. The lowest BCUT2D eigenvalue weighted by Gasteiger charge is -2.11. The Morgan fingerprint density at radius 1 is 1.16 bits per heavy atom. The molecule has 1 atom stereocenters. The summed E-state index contributed by atoms with van der Waals surface area (Å²) < 4.78 is 0. The number of carbonyl (C=O) groups excluding carboxylic acids is 3. The highest BCUT2D eigenvalue weighted by atomic mass is 32.2. The quantitative estimate of drug-likeness (QED) is 0.651. The van der Waals surface area contributed by atoms with E-state index in [2.05, 4.69) is 10.6 Å². The smallest absolute Gasteiger partial charge is 0.321 e. The van der Waals surface area contributed by atoms with Crippen molar-refractivity contribution < 1.29 is 14.4 Å². The van der Waals surface area contributed by atoms with Gasteiger partial charge < -0.3 is 5.32 Å². The van der Waals surface area contributed by atoms with Crippen LogP contribution in [0, 0.1) is 0 Å². The van der Waals surface area contributed by atoms with Gasteiger partial charge in [0, 0.05) is 17.5 Å². The van der Waals surface area contributed by atoms with E-state index < -0.39 is 11.3 Å². The van der Waals surface area contributed by atoms with Crippen molar-refractivity contribution in [2.24, 2.45) is 0 Å². The summed E-state index contributed by atoms with van der Waals surface area (Å²) in [5, 5.41) is 4.13. The number of imide groups is 1. The summed E-state index contributed by atoms with van der Waals surface area (Å²) in [5.41, 5.74) is 0.631. The number of carbonyl (C=O) groups is 3. The first kappa shape index (κ1) is 15.2. The molecule has 0 spiro atoms. The first-order valence-corrected chi connectivity index (χ1v) is 6.62. The van der Waals surface area contributed by atoms with Gasteiger partial charge in [-0.2, -0.15) is 0 Å². The van der Waals surface area contributed by atoms with Crippen LogP contribution >= 0.6 is 11.8 Å². The van der Waals surface area contributed by atoms with E-state index in [1.807, 2.05) is 0 Å². The topological polar surface area (TPSA) is 75.3 Å². The van der Waals surface area contributed by atoms with Gasteiger partial charge in [0.15, 0.2) is 5.78 Å². The lowest BCUT2D eigenvalue weighted by Crippen LogP contribution is -2.41. The van der Waals surface area contributed by atoms with Crippen molar-refractivity contribution in [1.29, 1.82) is 0 Å². The molecule has 3 amide bonds. The predicted octanol–water partition coefficient (Wildman–Crippen LogP) is 1.83. The Hall–Kier alpha value is -1.82. The number of nitrogens with one attached hydrogen (secondary N) is 2. The molecule has 2 N–H and O–H groups in total. The summed E-state index contributed by atoms with van der Waals surface area (Å²) in [6.07, 6.45) is 0. The van der Waals surface area contributed by atoms with Crippen molar-refractivity contribution in [2.45, 2.75) is 24.0 Å². The maximum Gasteiger partial charge on any atom is 0.321 e. The van der Waals surface area contributed by atoms with Gasteiger partial charge in [-0.25, -0.2) is 4.79 Å². The SMILES string of the molecule is CNC(=O)NC(=O)C(C)Sc1ccc(C(C)=O)cc1. The Morgan fingerprint density at radius 3 is 2.21 bits per heavy atom. The molecule has 6 heteroatoms. The fraction of sp³-hybridized carbons (Fsp3) is 0.308. The summed E-state index contributed by atoms with van der Waals surface area (Å²) in [6.45, 7) is 3.21. The van der Waals surface area contributed by atoms with E-state index in [1.165, 1.54) is 25.7 Å². The summed E-state index contributed by atoms with van der Waals surface area (Å²) in [4.78, 5) is 34.6. The van der Waals surface area contributed by atoms with Crippen LogP contribution in [0.25, 0.3) is 0 Å². The third-order valence-electron chi connectivity index (χ3n) is 2.41. The number of Topliss-reactive ketones (excluding diaryl/α,β-unsaturated/α-hetero) is 1. The first-order chi connectivity index (χ1) is 8.93. The highest BCUT2D eigenvalue weighted by Gasteiger charge is 2.16. The van der Waals surface area contributed by atoms with Crippen LogP contribution in [0.2, 0.25) is 0 Å². The van der Waals surface area contributed by atoms with Gasteiger partial charge in [0.2, 0.25) is 5.91 Å². The van der Waals surface area contributed by atoms with Crippen LogP contribution in [0.4, 0.5) is 4.79 Å². The molecule has 0 radical (unpaired) electrons. The average Bonchev–Trinajstić information content (AvgIpc) is 2.38. The molecule has 0 saturated carbocycles. The zero-order valence-corrected chi connectivity index (χ0v) is 11.8. The Bertz CT molecular complexity index is 485. The van der Waals surface area contributed by atoms with Crippen LogP contribution in [0.15, 0.2) is 29.2 Å². The number of benzene rings is 1. The van der Waals surface area contributed by atoms with E-state index in [1.54, 1.807) is 31.2 Å². The highest BCUT2D eigenvalue weighted by Crippen LogP contribution is 2.23. The minimum atomic E-state index is -0.524. The van der Waals surface area contributed by atoms with Gasteiger partial charge in [0.1, 0.15) is 0 Å². The molecule has 0 heterocycles. The molecule has 102 valence electrons. The third kappa shape index (κ3) is 4.75. The monoisotopic (exact) mass is 280 g/mol. The minimum absolute atomic E-state index is 0.00181. The molecule has 1 aromatic rings. The Kier molecular flexibility index (Phi) is 5.57. The largest absolute Gasteiger partial charge is 0.341 e. The van der Waals surface area contributed by atoms with Crippen molar-refractivity contribution in [3.05, 3.63) is 29.8 Å². The van der Waals surface area contributed by atoms with Gasteiger partial charge in [-0.15, -0.1) is 11.8 Å². The molecule has 1 unspecified atom stereocenters. The minimum Gasteiger partial charge on any atom is -0.341 e. The maximum absolute atomic E-state index is 11.6. The summed E-state index contributed by atoms with van der Waals surface area (Å²) >= 11 is 1.32. The third-order valence-corrected chi connectivity index (χ3v) is 3.52. The summed E-state index contributed by atoms with van der Waals surface area (Å²) in [5.74, 6) is -0.359. The van der Waals surface area contributed by atoms with E-state index in [0.29, 0.717) is 5.56 Å². The Labute approximate surface area is 116 Å². The lowest BCUT2D eigenvalue weighted by molar-refractivity contribution is -0.119. The molecular formula is C13H16N2O3S. The molecule has 0 aliphatic carbocycles. The van der Waals surface area contributed by atoms with Crippen LogP contribution in [0.1, 0.15) is 24.2 Å². The maximum atomic E-state index is 11.6. The second kappa shape index (κ2) is 6.94. The molecule has 0 bridgehead atoms. The van der Waals surface area contributed by atoms with Crippen molar-refractivity contribution in [3.8, 4) is 0 Å². The molecule has 0 aliphatic rings. The normalized spacial score (nSPS) is 11.5. The van der Waals surface area contributed by atoms with Gasteiger partial charge >= 0.3 is 6.03 Å². The molecule has 5 nitrogen and oxygen atoms in total. The van der Waals surface area contributed by atoms with Crippen LogP contribution in [0.3, 0.4) is 0 Å². The molecule has 1 aromatic carbocycles. The van der Waals surface area contributed by atoms with Gasteiger partial charge in [-0.05, 0) is 26.0 Å². The number of urea groups is 1. The number of hydrogen-bond acceptors (Lipinski definition) is 4. The van der Waals surface area contributed by atoms with Gasteiger partial charge in [0.05, 0.1) is 5.25 Å². The molecular weight excluding hydrogens is 264 g/mol. The lowest BCUT2D eigenvalue weighted by atomic mass is 10.2. The van der Waals surface area contributed by atoms with E-state index in [-0.39, 0.29) is 11.7 Å².